The van der Waals surface area contributed by atoms with E-state index in [0.717, 1.165) is 18.8 Å². The Labute approximate surface area is 157 Å². The van der Waals surface area contributed by atoms with E-state index in [4.69, 9.17) is 10.00 Å². The summed E-state index contributed by atoms with van der Waals surface area (Å²) in [4.78, 5) is 2.28. The summed E-state index contributed by atoms with van der Waals surface area (Å²) in [6.45, 7) is 4.26. The maximum atomic E-state index is 8.73. The van der Waals surface area contributed by atoms with Gasteiger partial charge in [0.05, 0.1) is 13.2 Å². The van der Waals surface area contributed by atoms with Crippen LogP contribution in [0.25, 0.3) is 11.1 Å². The molecular weight excluding hydrogens is 320 g/mol. The molecule has 26 heavy (non-hydrogen) atoms. The molecule has 1 aliphatic rings. The van der Waals surface area contributed by atoms with Crippen LogP contribution in [0.2, 0.25) is 0 Å². The van der Waals surface area contributed by atoms with Gasteiger partial charge in [0.2, 0.25) is 0 Å². The standard InChI is InChI=1S/C23H28N2O/c1-17-15-20(11-14-25(2)13-4-12-24)22-10-7-19(16-23(17)22)18-5-8-21(26-3)9-6-18/h5-10,16-17,20H,4,11,13-15H2,1-3H3/t17-,20-/m1/s1. The highest BCUT2D eigenvalue weighted by atomic mass is 16.5. The van der Waals surface area contributed by atoms with Gasteiger partial charge in [-0.1, -0.05) is 37.3 Å². The van der Waals surface area contributed by atoms with Gasteiger partial charge in [0.25, 0.3) is 0 Å². The number of fused-ring (bicyclic) bond motifs is 1. The first-order valence-corrected chi connectivity index (χ1v) is 9.46. The van der Waals surface area contributed by atoms with Gasteiger partial charge in [0, 0.05) is 13.0 Å². The molecule has 0 radical (unpaired) electrons. The van der Waals surface area contributed by atoms with Crippen molar-refractivity contribution in [2.45, 2.75) is 38.0 Å². The summed E-state index contributed by atoms with van der Waals surface area (Å²) < 4.78 is 5.26. The average molecular weight is 348 g/mol. The van der Waals surface area contributed by atoms with Crippen molar-refractivity contribution in [1.29, 1.82) is 5.26 Å². The smallest absolute Gasteiger partial charge is 0.118 e. The minimum atomic E-state index is 0.609. The molecule has 3 rings (SSSR count). The predicted octanol–water partition coefficient (Wildman–Crippen LogP) is 5.19. The van der Waals surface area contributed by atoms with Crippen molar-refractivity contribution in [1.82, 2.24) is 4.90 Å². The van der Waals surface area contributed by atoms with Gasteiger partial charge >= 0.3 is 0 Å². The van der Waals surface area contributed by atoms with E-state index in [-0.39, 0.29) is 0 Å². The highest BCUT2D eigenvalue weighted by Crippen LogP contribution is 2.44. The molecule has 0 saturated carbocycles. The fraction of sp³-hybridized carbons (Fsp3) is 0.435. The van der Waals surface area contributed by atoms with Crippen molar-refractivity contribution >= 4 is 0 Å². The Morgan fingerprint density at radius 1 is 1.08 bits per heavy atom. The van der Waals surface area contributed by atoms with Gasteiger partial charge < -0.3 is 9.64 Å². The van der Waals surface area contributed by atoms with E-state index in [1.165, 1.54) is 35.1 Å². The van der Waals surface area contributed by atoms with Crippen LogP contribution < -0.4 is 4.74 Å². The maximum Gasteiger partial charge on any atom is 0.118 e. The van der Waals surface area contributed by atoms with Crippen LogP contribution in [0.3, 0.4) is 0 Å². The zero-order chi connectivity index (χ0) is 18.5. The number of hydrogen-bond donors (Lipinski definition) is 0. The zero-order valence-corrected chi connectivity index (χ0v) is 16.0. The summed E-state index contributed by atoms with van der Waals surface area (Å²) in [5, 5.41) is 8.73. The first-order chi connectivity index (χ1) is 12.6. The first kappa shape index (κ1) is 18.5. The molecular formula is C23H28N2O. The van der Waals surface area contributed by atoms with Crippen molar-refractivity contribution in [3.8, 4) is 22.9 Å². The number of nitrogens with zero attached hydrogens (tertiary/aromatic N) is 2. The van der Waals surface area contributed by atoms with Crippen LogP contribution in [0.4, 0.5) is 0 Å². The van der Waals surface area contributed by atoms with Gasteiger partial charge in [0.15, 0.2) is 0 Å². The fourth-order valence-corrected chi connectivity index (χ4v) is 4.02. The van der Waals surface area contributed by atoms with E-state index < -0.39 is 0 Å². The molecule has 3 nitrogen and oxygen atoms in total. The van der Waals surface area contributed by atoms with E-state index >= 15 is 0 Å². The van der Waals surface area contributed by atoms with Crippen LogP contribution in [0.5, 0.6) is 5.75 Å². The Morgan fingerprint density at radius 3 is 2.50 bits per heavy atom. The Morgan fingerprint density at radius 2 is 1.81 bits per heavy atom. The number of rotatable bonds is 7. The SMILES string of the molecule is COc1ccc(-c2ccc3c(c2)[C@H](C)C[C@H]3CCN(C)CCC#N)cc1. The third-order valence-electron chi connectivity index (χ3n) is 5.58. The number of hydrogen-bond acceptors (Lipinski definition) is 3. The third kappa shape index (κ3) is 4.08. The van der Waals surface area contributed by atoms with Crippen LogP contribution in [0.15, 0.2) is 42.5 Å². The quantitative estimate of drug-likeness (QED) is 0.691. The highest BCUT2D eigenvalue weighted by molar-refractivity contribution is 5.66. The minimum Gasteiger partial charge on any atom is -0.497 e. The number of benzene rings is 2. The van der Waals surface area contributed by atoms with E-state index in [2.05, 4.69) is 55.3 Å². The second kappa shape index (κ2) is 8.38. The average Bonchev–Trinajstić information content (AvgIpc) is 3.00. The summed E-state index contributed by atoms with van der Waals surface area (Å²) in [5.74, 6) is 2.14. The number of methoxy groups -OCH3 is 1. The Hall–Kier alpha value is -2.31. The largest absolute Gasteiger partial charge is 0.497 e. The second-order valence-electron chi connectivity index (χ2n) is 7.41. The molecule has 0 saturated heterocycles. The predicted molar refractivity (Wildman–Crippen MR) is 107 cm³/mol. The maximum absolute atomic E-state index is 8.73. The van der Waals surface area contributed by atoms with E-state index in [1.54, 1.807) is 7.11 Å². The molecule has 0 aromatic heterocycles. The molecule has 2 aromatic carbocycles. The minimum absolute atomic E-state index is 0.609. The van der Waals surface area contributed by atoms with Gasteiger partial charge in [-0.3, -0.25) is 0 Å². The molecule has 3 heteroatoms. The zero-order valence-electron chi connectivity index (χ0n) is 16.0. The fourth-order valence-electron chi connectivity index (χ4n) is 4.02. The van der Waals surface area contributed by atoms with Gasteiger partial charge in [-0.05, 0) is 72.7 Å². The second-order valence-corrected chi connectivity index (χ2v) is 7.41. The van der Waals surface area contributed by atoms with E-state index in [0.29, 0.717) is 18.3 Å². The molecule has 0 spiro atoms. The Balaban J connectivity index is 1.72. The summed E-state index contributed by atoms with van der Waals surface area (Å²) in [6, 6.07) is 17.5. The summed E-state index contributed by atoms with van der Waals surface area (Å²) in [6.07, 6.45) is 3.01. The van der Waals surface area contributed by atoms with Gasteiger partial charge in [-0.25, -0.2) is 0 Å². The van der Waals surface area contributed by atoms with Crippen LogP contribution in [-0.4, -0.2) is 32.1 Å². The summed E-state index contributed by atoms with van der Waals surface area (Å²) >= 11 is 0. The molecule has 0 amide bonds. The topological polar surface area (TPSA) is 36.3 Å². The summed E-state index contributed by atoms with van der Waals surface area (Å²) in [7, 11) is 3.81. The molecule has 1 aliphatic carbocycles. The van der Waals surface area contributed by atoms with Gasteiger partial charge in [-0.2, -0.15) is 5.26 Å². The van der Waals surface area contributed by atoms with Crippen LogP contribution in [0, 0.1) is 11.3 Å². The van der Waals surface area contributed by atoms with Crippen LogP contribution in [-0.2, 0) is 0 Å². The monoisotopic (exact) mass is 348 g/mol. The molecule has 0 fully saturated rings. The van der Waals surface area contributed by atoms with Gasteiger partial charge in [-0.15, -0.1) is 0 Å². The lowest BCUT2D eigenvalue weighted by Crippen LogP contribution is -2.22. The van der Waals surface area contributed by atoms with E-state index in [1.807, 2.05) is 12.1 Å². The van der Waals surface area contributed by atoms with Crippen LogP contribution in [0.1, 0.15) is 49.1 Å². The molecule has 2 aromatic rings. The Bertz CT molecular complexity index is 776. The molecule has 2 atom stereocenters. The lowest BCUT2D eigenvalue weighted by atomic mass is 9.95. The summed E-state index contributed by atoms with van der Waals surface area (Å²) in [5.41, 5.74) is 5.54. The first-order valence-electron chi connectivity index (χ1n) is 9.46. The molecule has 0 N–H and O–H groups in total. The number of nitriles is 1. The molecule has 0 heterocycles. The van der Waals surface area contributed by atoms with Crippen molar-refractivity contribution in [2.24, 2.45) is 0 Å². The third-order valence-corrected chi connectivity index (χ3v) is 5.58. The van der Waals surface area contributed by atoms with Gasteiger partial charge in [0.1, 0.15) is 5.75 Å². The van der Waals surface area contributed by atoms with E-state index in [9.17, 15) is 0 Å². The van der Waals surface area contributed by atoms with Crippen molar-refractivity contribution in [3.63, 3.8) is 0 Å². The van der Waals surface area contributed by atoms with Crippen LogP contribution >= 0.6 is 0 Å². The molecule has 0 aliphatic heterocycles. The van der Waals surface area contributed by atoms with Crippen molar-refractivity contribution in [3.05, 3.63) is 53.6 Å². The lowest BCUT2D eigenvalue weighted by molar-refractivity contribution is 0.323. The highest BCUT2D eigenvalue weighted by Gasteiger charge is 2.28. The molecule has 0 unspecified atom stereocenters. The normalized spacial score (nSPS) is 18.6. The van der Waals surface area contributed by atoms with Crippen molar-refractivity contribution in [2.75, 3.05) is 27.2 Å². The number of ether oxygens (including phenoxy) is 1. The lowest BCUT2D eigenvalue weighted by Gasteiger charge is -2.18. The van der Waals surface area contributed by atoms with Crippen molar-refractivity contribution < 1.29 is 4.74 Å². The molecule has 0 bridgehead atoms. The Kier molecular flexibility index (Phi) is 5.96. The molecule has 136 valence electrons.